The number of benzene rings is 2. The van der Waals surface area contributed by atoms with Crippen LogP contribution in [0.15, 0.2) is 42.5 Å². The molecule has 8 heteroatoms. The molecule has 1 heterocycles. The van der Waals surface area contributed by atoms with Crippen molar-refractivity contribution in [2.45, 2.75) is 32.4 Å². The summed E-state index contributed by atoms with van der Waals surface area (Å²) in [7, 11) is 0. The lowest BCUT2D eigenvalue weighted by atomic mass is 10.0. The van der Waals surface area contributed by atoms with E-state index in [1.165, 1.54) is 4.80 Å². The van der Waals surface area contributed by atoms with Gasteiger partial charge >= 0.3 is 0 Å². The van der Waals surface area contributed by atoms with Gasteiger partial charge in [-0.3, -0.25) is 4.79 Å². The number of aromatic nitrogens is 4. The van der Waals surface area contributed by atoms with E-state index in [0.29, 0.717) is 0 Å². The molecule has 1 aromatic heterocycles. The summed E-state index contributed by atoms with van der Waals surface area (Å²) in [6.45, 7) is 6.09. The second-order valence-corrected chi connectivity index (χ2v) is 6.94. The van der Waals surface area contributed by atoms with Crippen LogP contribution in [0.25, 0.3) is 10.8 Å². The highest BCUT2D eigenvalue weighted by Crippen LogP contribution is 2.20. The van der Waals surface area contributed by atoms with Gasteiger partial charge in [0.05, 0.1) is 11.6 Å². The SMILES string of the molecule is CC(C)(C)n1nnc(C(=O)NC(CN)c2ccc3ccccc3c2)n1.Cl. The molecule has 138 valence electrons. The van der Waals surface area contributed by atoms with Crippen molar-refractivity contribution in [3.63, 3.8) is 0 Å². The number of hydrogen-bond donors (Lipinski definition) is 2. The maximum atomic E-state index is 12.4. The Hall–Kier alpha value is -2.51. The Labute approximate surface area is 158 Å². The molecular formula is C18H23ClN6O. The van der Waals surface area contributed by atoms with E-state index < -0.39 is 0 Å². The van der Waals surface area contributed by atoms with Gasteiger partial charge < -0.3 is 11.1 Å². The summed E-state index contributed by atoms with van der Waals surface area (Å²) in [5.41, 5.74) is 6.48. The first-order valence-corrected chi connectivity index (χ1v) is 8.18. The molecule has 0 aliphatic rings. The Morgan fingerprint density at radius 3 is 2.50 bits per heavy atom. The number of fused-ring (bicyclic) bond motifs is 1. The summed E-state index contributed by atoms with van der Waals surface area (Å²) >= 11 is 0. The van der Waals surface area contributed by atoms with Crippen molar-refractivity contribution < 1.29 is 4.79 Å². The van der Waals surface area contributed by atoms with Crippen LogP contribution in [-0.4, -0.2) is 32.7 Å². The second-order valence-electron chi connectivity index (χ2n) is 6.94. The van der Waals surface area contributed by atoms with Gasteiger partial charge in [0, 0.05) is 6.54 Å². The first-order chi connectivity index (χ1) is 11.9. The van der Waals surface area contributed by atoms with E-state index >= 15 is 0 Å². The van der Waals surface area contributed by atoms with Crippen LogP contribution in [0.2, 0.25) is 0 Å². The van der Waals surface area contributed by atoms with E-state index in [0.717, 1.165) is 16.3 Å². The molecule has 0 radical (unpaired) electrons. The lowest BCUT2D eigenvalue weighted by molar-refractivity contribution is 0.0926. The summed E-state index contributed by atoms with van der Waals surface area (Å²) in [4.78, 5) is 13.9. The monoisotopic (exact) mass is 374 g/mol. The van der Waals surface area contributed by atoms with Crippen molar-refractivity contribution in [1.82, 2.24) is 25.5 Å². The Kier molecular flexibility index (Phi) is 5.94. The Balaban J connectivity index is 0.00000243. The minimum atomic E-state index is -0.390. The minimum absolute atomic E-state index is 0. The Morgan fingerprint density at radius 1 is 1.19 bits per heavy atom. The first-order valence-electron chi connectivity index (χ1n) is 8.18. The van der Waals surface area contributed by atoms with E-state index in [9.17, 15) is 4.79 Å². The predicted octanol–water partition coefficient (Wildman–Crippen LogP) is 2.43. The molecule has 3 aromatic rings. The largest absolute Gasteiger partial charge is 0.341 e. The van der Waals surface area contributed by atoms with Gasteiger partial charge in [0.1, 0.15) is 0 Å². The number of carbonyl (C=O) groups excluding carboxylic acids is 1. The smallest absolute Gasteiger partial charge is 0.293 e. The maximum Gasteiger partial charge on any atom is 0.293 e. The number of hydrogen-bond acceptors (Lipinski definition) is 5. The molecular weight excluding hydrogens is 352 g/mol. The molecule has 7 nitrogen and oxygen atoms in total. The molecule has 0 saturated heterocycles. The zero-order valence-electron chi connectivity index (χ0n) is 15.0. The molecule has 0 spiro atoms. The van der Waals surface area contributed by atoms with E-state index in [-0.39, 0.29) is 42.3 Å². The Bertz CT molecular complexity index is 902. The third kappa shape index (κ3) is 4.17. The Morgan fingerprint density at radius 2 is 1.88 bits per heavy atom. The molecule has 0 fully saturated rings. The van der Waals surface area contributed by atoms with Crippen LogP contribution in [0.3, 0.4) is 0 Å². The quantitative estimate of drug-likeness (QED) is 0.730. The number of carbonyl (C=O) groups is 1. The number of nitrogens with two attached hydrogens (primary N) is 1. The number of tetrazole rings is 1. The van der Waals surface area contributed by atoms with Crippen LogP contribution in [0.4, 0.5) is 0 Å². The van der Waals surface area contributed by atoms with E-state index in [1.807, 2.05) is 63.2 Å². The van der Waals surface area contributed by atoms with Crippen molar-refractivity contribution in [2.75, 3.05) is 6.54 Å². The third-order valence-electron chi connectivity index (χ3n) is 3.93. The van der Waals surface area contributed by atoms with Crippen LogP contribution in [0.1, 0.15) is 43.0 Å². The molecule has 1 unspecified atom stereocenters. The minimum Gasteiger partial charge on any atom is -0.341 e. The van der Waals surface area contributed by atoms with Gasteiger partial charge in [-0.1, -0.05) is 36.4 Å². The highest BCUT2D eigenvalue weighted by Gasteiger charge is 2.22. The molecule has 3 N–H and O–H groups in total. The number of nitrogens with one attached hydrogen (secondary N) is 1. The van der Waals surface area contributed by atoms with Gasteiger partial charge in [0.2, 0.25) is 0 Å². The average Bonchev–Trinajstić information content (AvgIpc) is 3.09. The summed E-state index contributed by atoms with van der Waals surface area (Å²) < 4.78 is 0. The van der Waals surface area contributed by atoms with E-state index in [2.05, 4.69) is 20.7 Å². The maximum absolute atomic E-state index is 12.4. The highest BCUT2D eigenvalue weighted by molar-refractivity contribution is 5.90. The number of rotatable bonds is 4. The summed E-state index contributed by atoms with van der Waals surface area (Å²) in [5.74, 6) is -0.353. The molecule has 26 heavy (non-hydrogen) atoms. The lowest BCUT2D eigenvalue weighted by Gasteiger charge is -2.17. The second kappa shape index (κ2) is 7.80. The van der Waals surface area contributed by atoms with Crippen LogP contribution < -0.4 is 11.1 Å². The zero-order chi connectivity index (χ0) is 18.0. The molecule has 2 aromatic carbocycles. The van der Waals surface area contributed by atoms with Crippen molar-refractivity contribution in [1.29, 1.82) is 0 Å². The highest BCUT2D eigenvalue weighted by atomic mass is 35.5. The standard InChI is InChI=1S/C18H22N6O.ClH/c1-18(2,3)24-22-16(21-23-24)17(25)20-15(11-19)14-9-8-12-6-4-5-7-13(12)10-14;/h4-10,15H,11,19H2,1-3H3,(H,20,25);1H. The molecule has 1 atom stereocenters. The van der Waals surface area contributed by atoms with Crippen molar-refractivity contribution in [2.24, 2.45) is 5.73 Å². The fourth-order valence-electron chi connectivity index (χ4n) is 2.52. The molecule has 0 aliphatic heterocycles. The third-order valence-corrected chi connectivity index (χ3v) is 3.93. The topological polar surface area (TPSA) is 98.7 Å². The van der Waals surface area contributed by atoms with Crippen LogP contribution in [0, 0.1) is 0 Å². The van der Waals surface area contributed by atoms with Gasteiger partial charge in [-0.25, -0.2) is 0 Å². The van der Waals surface area contributed by atoms with Crippen molar-refractivity contribution in [3.05, 3.63) is 53.9 Å². The van der Waals surface area contributed by atoms with Crippen molar-refractivity contribution in [3.8, 4) is 0 Å². The van der Waals surface area contributed by atoms with Gasteiger partial charge in [-0.15, -0.1) is 22.6 Å². The van der Waals surface area contributed by atoms with Gasteiger partial charge in [-0.2, -0.15) is 4.80 Å². The van der Waals surface area contributed by atoms with Gasteiger partial charge in [-0.05, 0) is 48.4 Å². The first kappa shape index (κ1) is 19.8. The molecule has 0 saturated carbocycles. The van der Waals surface area contributed by atoms with Gasteiger partial charge in [0.15, 0.2) is 0 Å². The van der Waals surface area contributed by atoms with Crippen molar-refractivity contribution >= 4 is 29.1 Å². The number of nitrogens with zero attached hydrogens (tertiary/aromatic N) is 4. The molecule has 3 rings (SSSR count). The van der Waals surface area contributed by atoms with E-state index in [1.54, 1.807) is 0 Å². The summed E-state index contributed by atoms with van der Waals surface area (Å²) in [6.07, 6.45) is 0. The molecule has 0 aliphatic carbocycles. The fraction of sp³-hybridized carbons (Fsp3) is 0.333. The van der Waals surface area contributed by atoms with Crippen LogP contribution >= 0.6 is 12.4 Å². The van der Waals surface area contributed by atoms with Crippen LogP contribution in [0.5, 0.6) is 0 Å². The lowest BCUT2D eigenvalue weighted by Crippen LogP contribution is -2.34. The number of halogens is 1. The van der Waals surface area contributed by atoms with Gasteiger partial charge in [0.25, 0.3) is 11.7 Å². The van der Waals surface area contributed by atoms with E-state index in [4.69, 9.17) is 5.73 Å². The number of amides is 1. The zero-order valence-corrected chi connectivity index (χ0v) is 15.8. The molecule has 0 bridgehead atoms. The van der Waals surface area contributed by atoms with Crippen LogP contribution in [-0.2, 0) is 5.54 Å². The predicted molar refractivity (Wildman–Crippen MR) is 103 cm³/mol. The normalized spacial score (nSPS) is 12.5. The summed E-state index contributed by atoms with van der Waals surface area (Å²) in [6, 6.07) is 13.8. The molecule has 1 amide bonds. The summed E-state index contributed by atoms with van der Waals surface area (Å²) in [5, 5.41) is 17.1. The fourth-order valence-corrected chi connectivity index (χ4v) is 2.52. The average molecular weight is 375 g/mol.